The van der Waals surface area contributed by atoms with E-state index in [1.54, 1.807) is 6.07 Å². The molecule has 3 rings (SSSR count). The molecule has 3 nitrogen and oxygen atoms in total. The maximum atomic E-state index is 13.0. The first kappa shape index (κ1) is 9.89. The molecule has 0 aliphatic carbocycles. The van der Waals surface area contributed by atoms with Gasteiger partial charge < -0.3 is 4.98 Å². The van der Waals surface area contributed by atoms with Gasteiger partial charge in [-0.1, -0.05) is 0 Å². The summed E-state index contributed by atoms with van der Waals surface area (Å²) in [4.78, 5) is 11.1. The van der Waals surface area contributed by atoms with Gasteiger partial charge in [0.1, 0.15) is 17.3 Å². The van der Waals surface area contributed by atoms with Crippen molar-refractivity contribution in [2.75, 3.05) is 0 Å². The summed E-state index contributed by atoms with van der Waals surface area (Å²) >= 11 is 0. The Balaban J connectivity index is 2.14. The Morgan fingerprint density at radius 1 is 1.00 bits per heavy atom. The van der Waals surface area contributed by atoms with Gasteiger partial charge in [0.05, 0.1) is 17.2 Å². The normalized spacial score (nSPS) is 10.9. The van der Waals surface area contributed by atoms with Crippen LogP contribution in [0.4, 0.5) is 8.78 Å². The third-order valence-corrected chi connectivity index (χ3v) is 2.41. The van der Waals surface area contributed by atoms with Crippen LogP contribution in [0.5, 0.6) is 0 Å². The summed E-state index contributed by atoms with van der Waals surface area (Å²) in [6.45, 7) is 0. The Morgan fingerprint density at radius 3 is 2.59 bits per heavy atom. The second-order valence-corrected chi connectivity index (χ2v) is 3.61. The molecule has 1 aromatic carbocycles. The van der Waals surface area contributed by atoms with E-state index in [1.807, 2.05) is 0 Å². The molecule has 17 heavy (non-hydrogen) atoms. The Bertz CT molecular complexity index is 674. The number of nitrogens with one attached hydrogen (secondary N) is 1. The Kier molecular flexibility index (Phi) is 2.11. The molecule has 0 aliphatic rings. The average Bonchev–Trinajstić information content (AvgIpc) is 2.72. The van der Waals surface area contributed by atoms with Crippen LogP contribution in [0.2, 0.25) is 0 Å². The SMILES string of the molecule is Fc1ccc(-c2nc3ccc(F)cc3[nH]2)nc1. The van der Waals surface area contributed by atoms with Crippen LogP contribution in [0.25, 0.3) is 22.6 Å². The molecule has 2 aromatic heterocycles. The number of hydrogen-bond donors (Lipinski definition) is 1. The van der Waals surface area contributed by atoms with Crippen LogP contribution in [-0.4, -0.2) is 15.0 Å². The molecule has 0 radical (unpaired) electrons. The van der Waals surface area contributed by atoms with Crippen LogP contribution in [0.15, 0.2) is 36.5 Å². The van der Waals surface area contributed by atoms with E-state index >= 15 is 0 Å². The topological polar surface area (TPSA) is 41.6 Å². The molecule has 0 unspecified atom stereocenters. The van der Waals surface area contributed by atoms with Gasteiger partial charge in [-0.3, -0.25) is 0 Å². The quantitative estimate of drug-likeness (QED) is 0.699. The van der Waals surface area contributed by atoms with E-state index in [4.69, 9.17) is 0 Å². The molecule has 1 N–H and O–H groups in total. The number of pyridine rings is 1. The van der Waals surface area contributed by atoms with Crippen molar-refractivity contribution in [3.8, 4) is 11.5 Å². The van der Waals surface area contributed by atoms with Gasteiger partial charge in [0.2, 0.25) is 0 Å². The maximum Gasteiger partial charge on any atom is 0.157 e. The number of fused-ring (bicyclic) bond motifs is 1. The number of halogens is 2. The standard InChI is InChI=1S/C12H7F2N3/c13-7-1-3-9-11(5-7)17-12(16-9)10-4-2-8(14)6-15-10/h1-6H,(H,16,17). The smallest absolute Gasteiger partial charge is 0.157 e. The number of imidazole rings is 1. The van der Waals surface area contributed by atoms with Crippen LogP contribution >= 0.6 is 0 Å². The van der Waals surface area contributed by atoms with Crippen molar-refractivity contribution in [2.24, 2.45) is 0 Å². The van der Waals surface area contributed by atoms with Crippen LogP contribution in [0, 0.1) is 11.6 Å². The fourth-order valence-electron chi connectivity index (χ4n) is 1.62. The molecule has 2 heterocycles. The minimum Gasteiger partial charge on any atom is -0.337 e. The molecular weight excluding hydrogens is 224 g/mol. The molecule has 84 valence electrons. The summed E-state index contributed by atoms with van der Waals surface area (Å²) in [5.74, 6) is -0.249. The van der Waals surface area contributed by atoms with E-state index in [0.29, 0.717) is 22.6 Å². The highest BCUT2D eigenvalue weighted by Crippen LogP contribution is 2.19. The highest BCUT2D eigenvalue weighted by Gasteiger charge is 2.07. The molecular formula is C12H7F2N3. The summed E-state index contributed by atoms with van der Waals surface area (Å²) in [6.07, 6.45) is 1.11. The number of aromatic nitrogens is 3. The van der Waals surface area contributed by atoms with Gasteiger partial charge >= 0.3 is 0 Å². The van der Waals surface area contributed by atoms with Crippen molar-refractivity contribution < 1.29 is 8.78 Å². The van der Waals surface area contributed by atoms with Crippen LogP contribution < -0.4 is 0 Å². The lowest BCUT2D eigenvalue weighted by Crippen LogP contribution is -1.85. The van der Waals surface area contributed by atoms with Crippen molar-refractivity contribution >= 4 is 11.0 Å². The minimum absolute atomic E-state index is 0.334. The molecule has 0 fully saturated rings. The minimum atomic E-state index is -0.407. The van der Waals surface area contributed by atoms with E-state index in [2.05, 4.69) is 15.0 Å². The Morgan fingerprint density at radius 2 is 1.82 bits per heavy atom. The van der Waals surface area contributed by atoms with E-state index in [0.717, 1.165) is 6.20 Å². The molecule has 3 aromatic rings. The predicted octanol–water partition coefficient (Wildman–Crippen LogP) is 2.90. The zero-order valence-electron chi connectivity index (χ0n) is 8.61. The number of benzene rings is 1. The molecule has 0 amide bonds. The molecule has 0 saturated carbocycles. The Hall–Kier alpha value is -2.30. The van der Waals surface area contributed by atoms with E-state index in [-0.39, 0.29) is 5.82 Å². The highest BCUT2D eigenvalue weighted by molar-refractivity contribution is 5.78. The monoisotopic (exact) mass is 231 g/mol. The first-order chi connectivity index (χ1) is 8.22. The number of nitrogens with zero attached hydrogens (tertiary/aromatic N) is 2. The highest BCUT2D eigenvalue weighted by atomic mass is 19.1. The average molecular weight is 231 g/mol. The summed E-state index contributed by atoms with van der Waals surface area (Å²) in [5.41, 5.74) is 1.75. The van der Waals surface area contributed by atoms with Gasteiger partial charge in [-0.2, -0.15) is 0 Å². The second kappa shape index (κ2) is 3.62. The van der Waals surface area contributed by atoms with Crippen molar-refractivity contribution in [3.05, 3.63) is 48.2 Å². The molecule has 0 aliphatic heterocycles. The van der Waals surface area contributed by atoms with Crippen LogP contribution in [-0.2, 0) is 0 Å². The summed E-state index contributed by atoms with van der Waals surface area (Å²) in [7, 11) is 0. The first-order valence-electron chi connectivity index (χ1n) is 4.99. The first-order valence-corrected chi connectivity index (χ1v) is 4.99. The van der Waals surface area contributed by atoms with Crippen molar-refractivity contribution in [1.29, 1.82) is 0 Å². The van der Waals surface area contributed by atoms with Gasteiger partial charge in [-0.05, 0) is 30.3 Å². The van der Waals surface area contributed by atoms with Gasteiger partial charge in [-0.15, -0.1) is 0 Å². The molecule has 0 bridgehead atoms. The fraction of sp³-hybridized carbons (Fsp3) is 0. The van der Waals surface area contributed by atoms with Crippen molar-refractivity contribution in [1.82, 2.24) is 15.0 Å². The third-order valence-electron chi connectivity index (χ3n) is 2.41. The lowest BCUT2D eigenvalue weighted by molar-refractivity contribution is 0.621. The predicted molar refractivity (Wildman–Crippen MR) is 59.2 cm³/mol. The zero-order chi connectivity index (χ0) is 11.8. The molecule has 0 spiro atoms. The number of hydrogen-bond acceptors (Lipinski definition) is 2. The fourth-order valence-corrected chi connectivity index (χ4v) is 1.62. The van der Waals surface area contributed by atoms with Gasteiger partial charge in [0.25, 0.3) is 0 Å². The van der Waals surface area contributed by atoms with Gasteiger partial charge in [-0.25, -0.2) is 18.7 Å². The van der Waals surface area contributed by atoms with Gasteiger partial charge in [0, 0.05) is 0 Å². The third kappa shape index (κ3) is 1.75. The van der Waals surface area contributed by atoms with Crippen LogP contribution in [0.1, 0.15) is 0 Å². The molecule has 0 atom stereocenters. The Labute approximate surface area is 95.1 Å². The van der Waals surface area contributed by atoms with Crippen molar-refractivity contribution in [2.45, 2.75) is 0 Å². The lowest BCUT2D eigenvalue weighted by atomic mass is 10.3. The van der Waals surface area contributed by atoms with E-state index in [1.165, 1.54) is 24.3 Å². The summed E-state index contributed by atoms with van der Waals surface area (Å²) in [5, 5.41) is 0. The zero-order valence-corrected chi connectivity index (χ0v) is 8.61. The van der Waals surface area contributed by atoms with E-state index in [9.17, 15) is 8.78 Å². The summed E-state index contributed by atoms with van der Waals surface area (Å²) < 4.78 is 25.7. The summed E-state index contributed by atoms with van der Waals surface area (Å²) in [6, 6.07) is 7.09. The van der Waals surface area contributed by atoms with E-state index < -0.39 is 5.82 Å². The number of H-pyrrole nitrogens is 1. The van der Waals surface area contributed by atoms with Crippen LogP contribution in [0.3, 0.4) is 0 Å². The molecule has 0 saturated heterocycles. The van der Waals surface area contributed by atoms with Gasteiger partial charge in [0.15, 0.2) is 5.82 Å². The molecule has 5 heteroatoms. The number of rotatable bonds is 1. The lowest BCUT2D eigenvalue weighted by Gasteiger charge is -1.93. The maximum absolute atomic E-state index is 13.0. The second-order valence-electron chi connectivity index (χ2n) is 3.61. The van der Waals surface area contributed by atoms with Crippen molar-refractivity contribution in [3.63, 3.8) is 0 Å². The number of aromatic amines is 1. The largest absolute Gasteiger partial charge is 0.337 e.